The topological polar surface area (TPSA) is 120 Å². The molecule has 8 nitrogen and oxygen atoms in total. The van der Waals surface area contributed by atoms with Crippen LogP contribution < -0.4 is 10.5 Å². The predicted octanol–water partition coefficient (Wildman–Crippen LogP) is 2.59. The second kappa shape index (κ2) is 7.97. The highest BCUT2D eigenvalue weighted by Gasteiger charge is 2.16. The molecule has 0 bridgehead atoms. The molecule has 3 N–H and O–H groups in total. The molecule has 3 aromatic rings. The number of nitrogens with two attached hydrogens (primary N) is 1. The van der Waals surface area contributed by atoms with Crippen molar-refractivity contribution in [3.63, 3.8) is 0 Å². The lowest BCUT2D eigenvalue weighted by atomic mass is 10.3. The van der Waals surface area contributed by atoms with Gasteiger partial charge in [0.2, 0.25) is 15.9 Å². The Kier molecular flexibility index (Phi) is 5.84. The van der Waals surface area contributed by atoms with Crippen molar-refractivity contribution < 1.29 is 13.2 Å². The number of thioether (sulfide) groups is 1. The van der Waals surface area contributed by atoms with Crippen molar-refractivity contribution in [2.75, 3.05) is 11.1 Å². The predicted molar refractivity (Wildman–Crippen MR) is 108 cm³/mol. The van der Waals surface area contributed by atoms with E-state index < -0.39 is 10.0 Å². The van der Waals surface area contributed by atoms with Crippen LogP contribution in [0.2, 0.25) is 0 Å². The Balaban J connectivity index is 1.82. The molecule has 2 aromatic heterocycles. The van der Waals surface area contributed by atoms with Crippen molar-refractivity contribution >= 4 is 55.2 Å². The number of nitrogens with zero attached hydrogens (tertiary/aromatic N) is 3. The summed E-state index contributed by atoms with van der Waals surface area (Å²) in [5.74, 6) is 0.00272. The molecule has 0 radical (unpaired) electrons. The molecule has 0 fully saturated rings. The van der Waals surface area contributed by atoms with Gasteiger partial charge in [-0.05, 0) is 31.5 Å². The number of thiazole rings is 1. The van der Waals surface area contributed by atoms with Gasteiger partial charge in [0.1, 0.15) is 0 Å². The second-order valence-electron chi connectivity index (χ2n) is 5.87. The molecule has 2 heterocycles. The first-order valence-corrected chi connectivity index (χ1v) is 11.6. The van der Waals surface area contributed by atoms with Gasteiger partial charge in [-0.1, -0.05) is 18.7 Å². The number of nitrogens with one attached hydrogen (secondary N) is 1. The number of carbonyl (C=O) groups excluding carboxylic acids is 1. The maximum Gasteiger partial charge on any atom is 0.238 e. The molecular formula is C16H19N5O3S3. The number of fused-ring (bicyclic) bond motifs is 1. The second-order valence-corrected chi connectivity index (χ2v) is 9.23. The van der Waals surface area contributed by atoms with Crippen molar-refractivity contribution in [2.45, 2.75) is 36.9 Å². The molecule has 0 unspecified atom stereocenters. The van der Waals surface area contributed by atoms with Crippen LogP contribution in [0, 0.1) is 6.92 Å². The quantitative estimate of drug-likeness (QED) is 0.562. The van der Waals surface area contributed by atoms with Crippen molar-refractivity contribution in [1.82, 2.24) is 14.5 Å². The molecule has 11 heteroatoms. The summed E-state index contributed by atoms with van der Waals surface area (Å²) in [5.41, 5.74) is 2.20. The Morgan fingerprint density at radius 2 is 2.15 bits per heavy atom. The van der Waals surface area contributed by atoms with E-state index in [1.54, 1.807) is 6.07 Å². The Morgan fingerprint density at radius 3 is 2.78 bits per heavy atom. The van der Waals surface area contributed by atoms with Gasteiger partial charge in [-0.15, -0.1) is 11.3 Å². The van der Waals surface area contributed by atoms with Crippen LogP contribution in [0.25, 0.3) is 11.0 Å². The summed E-state index contributed by atoms with van der Waals surface area (Å²) in [5, 5.41) is 11.1. The summed E-state index contributed by atoms with van der Waals surface area (Å²) >= 11 is 2.67. The van der Waals surface area contributed by atoms with E-state index in [1.165, 1.54) is 35.2 Å². The summed E-state index contributed by atoms with van der Waals surface area (Å²) in [7, 11) is -3.79. The fourth-order valence-corrected chi connectivity index (χ4v) is 4.59. The number of primary sulfonamides is 1. The molecule has 0 aliphatic heterocycles. The summed E-state index contributed by atoms with van der Waals surface area (Å²) in [6.07, 6.45) is 0.876. The van der Waals surface area contributed by atoms with Crippen LogP contribution in [0.4, 0.5) is 5.13 Å². The van der Waals surface area contributed by atoms with E-state index in [9.17, 15) is 13.2 Å². The molecule has 1 aromatic carbocycles. The molecule has 0 atom stereocenters. The van der Waals surface area contributed by atoms with Gasteiger partial charge in [0.05, 0.1) is 27.4 Å². The van der Waals surface area contributed by atoms with Gasteiger partial charge in [-0.2, -0.15) is 0 Å². The molecule has 27 heavy (non-hydrogen) atoms. The molecule has 0 saturated carbocycles. The highest BCUT2D eigenvalue weighted by atomic mass is 32.2. The zero-order valence-corrected chi connectivity index (χ0v) is 17.2. The number of sulfonamides is 1. The van der Waals surface area contributed by atoms with Crippen LogP contribution in [-0.4, -0.2) is 34.6 Å². The third-order valence-electron chi connectivity index (χ3n) is 3.66. The first kappa shape index (κ1) is 19.8. The number of anilines is 1. The minimum atomic E-state index is -3.79. The van der Waals surface area contributed by atoms with E-state index in [0.717, 1.165) is 17.6 Å². The maximum atomic E-state index is 12.2. The first-order valence-electron chi connectivity index (χ1n) is 8.16. The van der Waals surface area contributed by atoms with E-state index in [-0.39, 0.29) is 16.6 Å². The highest BCUT2D eigenvalue weighted by Crippen LogP contribution is 2.26. The number of hydrogen-bond donors (Lipinski definition) is 2. The third kappa shape index (κ3) is 4.67. The zero-order chi connectivity index (χ0) is 19.6. The lowest BCUT2D eigenvalue weighted by Gasteiger charge is -2.07. The Labute approximate surface area is 165 Å². The summed E-state index contributed by atoms with van der Waals surface area (Å²) in [4.78, 5) is 20.9. The van der Waals surface area contributed by atoms with Crippen LogP contribution >= 0.6 is 23.1 Å². The monoisotopic (exact) mass is 425 g/mol. The number of amides is 1. The number of aryl methyl sites for hydroxylation is 2. The van der Waals surface area contributed by atoms with Crippen LogP contribution in [0.5, 0.6) is 0 Å². The van der Waals surface area contributed by atoms with Crippen molar-refractivity contribution in [1.29, 1.82) is 0 Å². The van der Waals surface area contributed by atoms with Crippen molar-refractivity contribution in [3.05, 3.63) is 29.3 Å². The van der Waals surface area contributed by atoms with E-state index in [0.29, 0.717) is 22.3 Å². The van der Waals surface area contributed by atoms with Gasteiger partial charge in [0.25, 0.3) is 0 Å². The maximum absolute atomic E-state index is 12.2. The molecule has 0 saturated heterocycles. The largest absolute Gasteiger partial charge is 0.319 e. The summed E-state index contributed by atoms with van der Waals surface area (Å²) in [6.45, 7) is 4.61. The van der Waals surface area contributed by atoms with Gasteiger partial charge >= 0.3 is 0 Å². The van der Waals surface area contributed by atoms with E-state index in [4.69, 9.17) is 5.14 Å². The molecule has 0 aliphatic carbocycles. The van der Waals surface area contributed by atoms with E-state index >= 15 is 0 Å². The number of hydrogen-bond acceptors (Lipinski definition) is 7. The highest BCUT2D eigenvalue weighted by molar-refractivity contribution is 7.99. The Morgan fingerprint density at radius 1 is 1.37 bits per heavy atom. The normalized spacial score (nSPS) is 11.8. The molecule has 0 aliphatic rings. The summed E-state index contributed by atoms with van der Waals surface area (Å²) < 4.78 is 25.1. The molecular weight excluding hydrogens is 406 g/mol. The van der Waals surface area contributed by atoms with Gasteiger partial charge in [0, 0.05) is 11.9 Å². The molecule has 144 valence electrons. The van der Waals surface area contributed by atoms with E-state index in [2.05, 4.69) is 15.3 Å². The Bertz CT molecular complexity index is 1090. The number of rotatable bonds is 7. The van der Waals surface area contributed by atoms with Gasteiger partial charge < -0.3 is 9.88 Å². The van der Waals surface area contributed by atoms with Crippen LogP contribution in [-0.2, 0) is 21.4 Å². The zero-order valence-electron chi connectivity index (χ0n) is 14.8. The van der Waals surface area contributed by atoms with Gasteiger partial charge in [-0.3, -0.25) is 4.79 Å². The first-order chi connectivity index (χ1) is 12.8. The van der Waals surface area contributed by atoms with E-state index in [1.807, 2.05) is 23.8 Å². The van der Waals surface area contributed by atoms with Gasteiger partial charge in [0.15, 0.2) is 10.3 Å². The van der Waals surface area contributed by atoms with Crippen LogP contribution in [0.3, 0.4) is 0 Å². The number of carbonyl (C=O) groups is 1. The number of benzene rings is 1. The van der Waals surface area contributed by atoms with Gasteiger partial charge in [-0.25, -0.2) is 23.5 Å². The van der Waals surface area contributed by atoms with Crippen molar-refractivity contribution in [2.24, 2.45) is 5.14 Å². The smallest absolute Gasteiger partial charge is 0.238 e. The number of imidazole rings is 1. The number of aromatic nitrogens is 3. The fourth-order valence-electron chi connectivity index (χ4n) is 2.51. The summed E-state index contributed by atoms with van der Waals surface area (Å²) in [6, 6.07) is 4.62. The lowest BCUT2D eigenvalue weighted by Crippen LogP contribution is -2.14. The average molecular weight is 426 g/mol. The fraction of sp³-hybridized carbons (Fsp3) is 0.312. The van der Waals surface area contributed by atoms with Crippen LogP contribution in [0.1, 0.15) is 19.0 Å². The third-order valence-corrected chi connectivity index (χ3v) is 6.42. The Hall–Kier alpha value is -1.95. The minimum Gasteiger partial charge on any atom is -0.319 e. The minimum absolute atomic E-state index is 0.0181. The SMILES string of the molecule is CCCn1c(SCC(=O)Nc2nc(C)cs2)nc2cc(S(N)(=O)=O)ccc21. The lowest BCUT2D eigenvalue weighted by molar-refractivity contribution is -0.113. The molecule has 1 amide bonds. The van der Waals surface area contributed by atoms with Crippen LogP contribution in [0.15, 0.2) is 33.6 Å². The van der Waals surface area contributed by atoms with Crippen molar-refractivity contribution in [3.8, 4) is 0 Å². The standard InChI is InChI=1S/C16H19N5O3S3/c1-3-6-21-13-5-4-11(27(17,23)24)7-12(13)19-16(21)26-9-14(22)20-15-18-10(2)8-25-15/h4-5,7-8H,3,6,9H2,1-2H3,(H2,17,23,24)(H,18,20,22). The average Bonchev–Trinajstić information content (AvgIpc) is 3.15. The molecule has 3 rings (SSSR count). The molecule has 0 spiro atoms.